The van der Waals surface area contributed by atoms with Crippen molar-refractivity contribution in [3.63, 3.8) is 0 Å². The van der Waals surface area contributed by atoms with E-state index in [9.17, 15) is 9.59 Å². The van der Waals surface area contributed by atoms with Gasteiger partial charge in [-0.25, -0.2) is 0 Å². The van der Waals surface area contributed by atoms with E-state index in [0.29, 0.717) is 32.7 Å². The number of ketones is 1. The Balaban J connectivity index is 1.73. The Hall–Kier alpha value is -1.94. The van der Waals surface area contributed by atoms with Crippen molar-refractivity contribution in [1.82, 2.24) is 4.90 Å². The van der Waals surface area contributed by atoms with E-state index >= 15 is 0 Å². The fourth-order valence-corrected chi connectivity index (χ4v) is 3.98. The Bertz CT molecular complexity index is 647. The maximum Gasteiger partial charge on any atom is 0.249 e. The van der Waals surface area contributed by atoms with Gasteiger partial charge in [0.2, 0.25) is 5.91 Å². The zero-order valence-corrected chi connectivity index (χ0v) is 15.7. The van der Waals surface area contributed by atoms with E-state index in [-0.39, 0.29) is 23.5 Å². The van der Waals surface area contributed by atoms with Crippen molar-refractivity contribution in [2.45, 2.75) is 39.0 Å². The maximum atomic E-state index is 13.1. The quantitative estimate of drug-likeness (QED) is 0.551. The monoisotopic (exact) mass is 355 g/mol. The van der Waals surface area contributed by atoms with Crippen LogP contribution >= 0.6 is 0 Å². The molecule has 0 saturated carbocycles. The van der Waals surface area contributed by atoms with Gasteiger partial charge < -0.3 is 9.64 Å². The number of rotatable bonds is 7. The van der Waals surface area contributed by atoms with Crippen molar-refractivity contribution in [3.8, 4) is 0 Å². The molecule has 0 bridgehead atoms. The highest BCUT2D eigenvalue weighted by atomic mass is 16.5. The minimum Gasteiger partial charge on any atom is -0.378 e. The first-order valence-electron chi connectivity index (χ1n) is 9.87. The number of ether oxygens (including phenoxy) is 1. The largest absolute Gasteiger partial charge is 0.378 e. The fraction of sp³-hybridized carbons (Fsp3) is 0.545. The van der Waals surface area contributed by atoms with Gasteiger partial charge in [-0.1, -0.05) is 62.6 Å². The molecule has 2 aliphatic rings. The van der Waals surface area contributed by atoms with Gasteiger partial charge in [0.1, 0.15) is 0 Å². The number of nitrogens with zero attached hydrogens (tertiary/aromatic N) is 1. The van der Waals surface area contributed by atoms with Crippen molar-refractivity contribution in [2.75, 3.05) is 26.3 Å². The molecule has 0 spiro atoms. The second-order valence-electron chi connectivity index (χ2n) is 7.30. The summed E-state index contributed by atoms with van der Waals surface area (Å²) in [6.07, 6.45) is 7.09. The molecule has 0 radical (unpaired) electrons. The first-order valence-corrected chi connectivity index (χ1v) is 9.87. The molecule has 1 heterocycles. The fourth-order valence-electron chi connectivity index (χ4n) is 3.98. The summed E-state index contributed by atoms with van der Waals surface area (Å²) in [5, 5.41) is 0. The maximum absolute atomic E-state index is 13.1. The van der Waals surface area contributed by atoms with Gasteiger partial charge in [0.15, 0.2) is 5.78 Å². The number of benzene rings is 1. The SMILES string of the molecule is CCCCC[C@H]1C=C(C(=O)N2CCOCC2)C[C@@H]1C(=O)c1ccccc1. The van der Waals surface area contributed by atoms with Gasteiger partial charge in [-0.15, -0.1) is 0 Å². The number of morpholine rings is 1. The Morgan fingerprint density at radius 1 is 1.12 bits per heavy atom. The molecule has 4 nitrogen and oxygen atoms in total. The lowest BCUT2D eigenvalue weighted by molar-refractivity contribution is -0.131. The molecule has 26 heavy (non-hydrogen) atoms. The topological polar surface area (TPSA) is 46.6 Å². The van der Waals surface area contributed by atoms with Crippen molar-refractivity contribution in [1.29, 1.82) is 0 Å². The van der Waals surface area contributed by atoms with E-state index in [1.54, 1.807) is 0 Å². The van der Waals surface area contributed by atoms with E-state index in [1.165, 1.54) is 6.42 Å². The standard InChI is InChI=1S/C22H29NO3/c1-2-3-5-10-18-15-19(22(25)23-11-13-26-14-12-23)16-20(18)21(24)17-8-6-4-7-9-17/h4,6-9,15,18,20H,2-3,5,10-14,16H2,1H3/t18-,20-/m0/s1. The molecule has 1 fully saturated rings. The van der Waals surface area contributed by atoms with Crippen molar-refractivity contribution in [2.24, 2.45) is 11.8 Å². The molecule has 1 aliphatic heterocycles. The summed E-state index contributed by atoms with van der Waals surface area (Å²) in [5.74, 6) is 0.341. The third-order valence-electron chi connectivity index (χ3n) is 5.48. The number of Topliss-reactive ketones (excluding diaryl/α,β-unsaturated/α-hetero) is 1. The number of unbranched alkanes of at least 4 members (excludes halogenated alkanes) is 2. The van der Waals surface area contributed by atoms with Crippen LogP contribution in [0.5, 0.6) is 0 Å². The van der Waals surface area contributed by atoms with Gasteiger partial charge in [-0.3, -0.25) is 9.59 Å². The zero-order chi connectivity index (χ0) is 18.4. The zero-order valence-electron chi connectivity index (χ0n) is 15.7. The first kappa shape index (κ1) is 18.8. The molecule has 3 rings (SSSR count). The van der Waals surface area contributed by atoms with Gasteiger partial charge >= 0.3 is 0 Å². The molecule has 1 aliphatic carbocycles. The van der Waals surface area contributed by atoms with Crippen LogP contribution < -0.4 is 0 Å². The molecule has 4 heteroatoms. The molecule has 0 unspecified atom stereocenters. The van der Waals surface area contributed by atoms with Gasteiger partial charge in [0.25, 0.3) is 0 Å². The first-order chi connectivity index (χ1) is 12.7. The second-order valence-corrected chi connectivity index (χ2v) is 7.30. The third kappa shape index (κ3) is 4.42. The molecule has 1 amide bonds. The molecule has 1 aromatic carbocycles. The van der Waals surface area contributed by atoms with E-state index in [1.807, 2.05) is 35.2 Å². The average Bonchev–Trinajstić information content (AvgIpc) is 3.12. The van der Waals surface area contributed by atoms with Crippen molar-refractivity contribution >= 4 is 11.7 Å². The highest BCUT2D eigenvalue weighted by Crippen LogP contribution is 2.37. The normalized spacial score (nSPS) is 23.0. The van der Waals surface area contributed by atoms with Crippen molar-refractivity contribution in [3.05, 3.63) is 47.5 Å². The highest BCUT2D eigenvalue weighted by molar-refractivity contribution is 6.01. The number of carbonyl (C=O) groups is 2. The lowest BCUT2D eigenvalue weighted by atomic mass is 9.84. The lowest BCUT2D eigenvalue weighted by Crippen LogP contribution is -2.41. The third-order valence-corrected chi connectivity index (χ3v) is 5.48. The number of hydrogen-bond acceptors (Lipinski definition) is 3. The summed E-state index contributed by atoms with van der Waals surface area (Å²) in [4.78, 5) is 27.8. The summed E-state index contributed by atoms with van der Waals surface area (Å²) in [6, 6.07) is 9.50. The molecule has 0 aromatic heterocycles. The van der Waals surface area contributed by atoms with Gasteiger partial charge in [0, 0.05) is 30.1 Å². The predicted octanol–water partition coefficient (Wildman–Crippen LogP) is 3.87. The van der Waals surface area contributed by atoms with Gasteiger partial charge in [0.05, 0.1) is 13.2 Å². The average molecular weight is 355 g/mol. The molecular formula is C22H29NO3. The van der Waals surface area contributed by atoms with Crippen LogP contribution in [0.4, 0.5) is 0 Å². The van der Waals surface area contributed by atoms with Crippen LogP contribution in [0.25, 0.3) is 0 Å². The minimum atomic E-state index is -0.103. The van der Waals surface area contributed by atoms with Gasteiger partial charge in [-0.2, -0.15) is 0 Å². The highest BCUT2D eigenvalue weighted by Gasteiger charge is 2.36. The summed E-state index contributed by atoms with van der Waals surface area (Å²) in [5.41, 5.74) is 1.58. The van der Waals surface area contributed by atoms with Crippen LogP contribution in [0.1, 0.15) is 49.4 Å². The van der Waals surface area contributed by atoms with Crippen LogP contribution in [-0.4, -0.2) is 42.9 Å². The van der Waals surface area contributed by atoms with Crippen LogP contribution in [0, 0.1) is 11.8 Å². The summed E-state index contributed by atoms with van der Waals surface area (Å²) in [6.45, 7) is 4.68. The summed E-state index contributed by atoms with van der Waals surface area (Å²) < 4.78 is 5.35. The van der Waals surface area contributed by atoms with Crippen LogP contribution in [-0.2, 0) is 9.53 Å². The summed E-state index contributed by atoms with van der Waals surface area (Å²) >= 11 is 0. The Morgan fingerprint density at radius 3 is 2.54 bits per heavy atom. The van der Waals surface area contributed by atoms with Crippen LogP contribution in [0.2, 0.25) is 0 Å². The molecule has 1 aromatic rings. The van der Waals surface area contributed by atoms with Crippen LogP contribution in [0.15, 0.2) is 42.0 Å². The van der Waals surface area contributed by atoms with E-state index < -0.39 is 0 Å². The van der Waals surface area contributed by atoms with Gasteiger partial charge in [-0.05, 0) is 18.8 Å². The molecule has 2 atom stereocenters. The lowest BCUT2D eigenvalue weighted by Gasteiger charge is -2.27. The summed E-state index contributed by atoms with van der Waals surface area (Å²) in [7, 11) is 0. The number of allylic oxidation sites excluding steroid dienone is 1. The number of hydrogen-bond donors (Lipinski definition) is 0. The molecule has 140 valence electrons. The van der Waals surface area contributed by atoms with E-state index in [0.717, 1.165) is 30.4 Å². The molecular weight excluding hydrogens is 326 g/mol. The number of amides is 1. The minimum absolute atomic E-state index is 0.0946. The van der Waals surface area contributed by atoms with E-state index in [2.05, 4.69) is 13.0 Å². The Morgan fingerprint density at radius 2 is 1.85 bits per heavy atom. The predicted molar refractivity (Wildman–Crippen MR) is 102 cm³/mol. The molecule has 0 N–H and O–H groups in total. The van der Waals surface area contributed by atoms with Crippen LogP contribution in [0.3, 0.4) is 0 Å². The number of carbonyl (C=O) groups excluding carboxylic acids is 2. The molecule has 1 saturated heterocycles. The Kier molecular flexibility index (Phi) is 6.62. The smallest absolute Gasteiger partial charge is 0.249 e. The van der Waals surface area contributed by atoms with E-state index in [4.69, 9.17) is 4.74 Å². The Labute approximate surface area is 156 Å². The second kappa shape index (κ2) is 9.13. The van der Waals surface area contributed by atoms with Crippen molar-refractivity contribution < 1.29 is 14.3 Å².